The third-order valence-corrected chi connectivity index (χ3v) is 2.15. The summed E-state index contributed by atoms with van der Waals surface area (Å²) in [5, 5.41) is 3.25. The van der Waals surface area contributed by atoms with Crippen molar-refractivity contribution in [1.29, 1.82) is 0 Å². The zero-order valence-corrected chi connectivity index (χ0v) is 10.4. The summed E-state index contributed by atoms with van der Waals surface area (Å²) in [5.74, 6) is 0.451. The molecule has 0 radical (unpaired) electrons. The first kappa shape index (κ1) is 15.0. The van der Waals surface area contributed by atoms with E-state index in [1.807, 2.05) is 0 Å². The Bertz CT molecular complexity index is 359. The summed E-state index contributed by atoms with van der Waals surface area (Å²) in [4.78, 5) is 10.9. The van der Waals surface area contributed by atoms with Crippen LogP contribution in [-0.2, 0) is 11.3 Å². The molecule has 1 rings (SSSR count). The Morgan fingerprint density at radius 2 is 2.25 bits per heavy atom. The number of methoxy groups -OCH3 is 1. The molecule has 0 saturated carbocycles. The van der Waals surface area contributed by atoms with Gasteiger partial charge in [-0.15, -0.1) is 12.4 Å². The lowest BCUT2D eigenvalue weighted by Crippen LogP contribution is -2.29. The van der Waals surface area contributed by atoms with Crippen LogP contribution in [0.1, 0.15) is 5.56 Å². The molecule has 1 amide bonds. The summed E-state index contributed by atoms with van der Waals surface area (Å²) in [5.41, 5.74) is 6.03. The molecule has 0 unspecified atom stereocenters. The van der Waals surface area contributed by atoms with Crippen LogP contribution < -0.4 is 15.8 Å². The standard InChI is InChI=1S/C10H13ClN2O2.ClH/c1-15-9-4-8(11)3-2-7(9)6-13-10(14)5-12;/h2-4H,5-6,12H2,1H3,(H,13,14);1H. The number of hydrogen-bond donors (Lipinski definition) is 2. The predicted octanol–water partition coefficient (Wildman–Crippen LogP) is 1.35. The van der Waals surface area contributed by atoms with E-state index in [1.54, 1.807) is 25.3 Å². The monoisotopic (exact) mass is 264 g/mol. The van der Waals surface area contributed by atoms with Gasteiger partial charge in [-0.25, -0.2) is 0 Å². The molecule has 16 heavy (non-hydrogen) atoms. The van der Waals surface area contributed by atoms with Gasteiger partial charge in [0.05, 0.1) is 13.7 Å². The SMILES string of the molecule is COc1cc(Cl)ccc1CNC(=O)CN.Cl. The average molecular weight is 265 g/mol. The van der Waals surface area contributed by atoms with E-state index in [2.05, 4.69) is 5.32 Å². The molecule has 0 atom stereocenters. The van der Waals surface area contributed by atoms with Gasteiger partial charge in [-0.3, -0.25) is 4.79 Å². The molecule has 0 heterocycles. The fourth-order valence-electron chi connectivity index (χ4n) is 1.13. The molecule has 0 bridgehead atoms. The van der Waals surface area contributed by atoms with Crippen LogP contribution >= 0.6 is 24.0 Å². The zero-order valence-electron chi connectivity index (χ0n) is 8.83. The largest absolute Gasteiger partial charge is 0.496 e. The molecular weight excluding hydrogens is 251 g/mol. The third-order valence-electron chi connectivity index (χ3n) is 1.91. The summed E-state index contributed by atoms with van der Waals surface area (Å²) in [6, 6.07) is 5.25. The van der Waals surface area contributed by atoms with Crippen molar-refractivity contribution in [3.05, 3.63) is 28.8 Å². The van der Waals surface area contributed by atoms with Crippen molar-refractivity contribution in [2.75, 3.05) is 13.7 Å². The molecule has 1 aromatic rings. The molecule has 0 aliphatic rings. The van der Waals surface area contributed by atoms with E-state index in [0.29, 0.717) is 17.3 Å². The van der Waals surface area contributed by atoms with Crippen LogP contribution in [0, 0.1) is 0 Å². The highest BCUT2D eigenvalue weighted by molar-refractivity contribution is 6.30. The maximum Gasteiger partial charge on any atom is 0.234 e. The number of carbonyl (C=O) groups is 1. The van der Waals surface area contributed by atoms with E-state index < -0.39 is 0 Å². The summed E-state index contributed by atoms with van der Waals surface area (Å²) < 4.78 is 5.13. The van der Waals surface area contributed by atoms with Gasteiger partial charge in [-0.1, -0.05) is 17.7 Å². The number of nitrogens with two attached hydrogens (primary N) is 1. The molecule has 1 aromatic carbocycles. The molecule has 0 aliphatic heterocycles. The Labute approximate surface area is 106 Å². The molecular formula is C10H14Cl2N2O2. The van der Waals surface area contributed by atoms with Crippen LogP contribution in [0.15, 0.2) is 18.2 Å². The fraction of sp³-hybridized carbons (Fsp3) is 0.300. The summed E-state index contributed by atoms with van der Waals surface area (Å²) in [6.45, 7) is 0.367. The number of benzene rings is 1. The van der Waals surface area contributed by atoms with E-state index in [4.69, 9.17) is 22.1 Å². The van der Waals surface area contributed by atoms with Gasteiger partial charge in [0.2, 0.25) is 5.91 Å². The number of halogens is 2. The maximum atomic E-state index is 10.9. The average Bonchev–Trinajstić information content (AvgIpc) is 2.26. The fourth-order valence-corrected chi connectivity index (χ4v) is 1.29. The molecule has 0 saturated heterocycles. The maximum absolute atomic E-state index is 10.9. The van der Waals surface area contributed by atoms with Crippen LogP contribution in [-0.4, -0.2) is 19.6 Å². The highest BCUT2D eigenvalue weighted by atomic mass is 35.5. The van der Waals surface area contributed by atoms with Gasteiger partial charge in [-0.05, 0) is 12.1 Å². The van der Waals surface area contributed by atoms with Crippen molar-refractivity contribution in [3.8, 4) is 5.75 Å². The topological polar surface area (TPSA) is 64.3 Å². The molecule has 0 spiro atoms. The normalized spacial score (nSPS) is 9.19. The highest BCUT2D eigenvalue weighted by Gasteiger charge is 2.04. The van der Waals surface area contributed by atoms with Gasteiger partial charge in [0.1, 0.15) is 5.75 Å². The van der Waals surface area contributed by atoms with E-state index in [0.717, 1.165) is 5.56 Å². The number of carbonyl (C=O) groups excluding carboxylic acids is 1. The predicted molar refractivity (Wildman–Crippen MR) is 66.2 cm³/mol. The first-order valence-corrected chi connectivity index (χ1v) is 4.84. The van der Waals surface area contributed by atoms with Gasteiger partial charge in [0.15, 0.2) is 0 Å². The van der Waals surface area contributed by atoms with Crippen LogP contribution in [0.25, 0.3) is 0 Å². The summed E-state index contributed by atoms with van der Waals surface area (Å²) >= 11 is 5.80. The van der Waals surface area contributed by atoms with Crippen molar-refractivity contribution in [1.82, 2.24) is 5.32 Å². The van der Waals surface area contributed by atoms with Gasteiger partial charge in [0.25, 0.3) is 0 Å². The molecule has 4 nitrogen and oxygen atoms in total. The van der Waals surface area contributed by atoms with Crippen molar-refractivity contribution in [2.45, 2.75) is 6.54 Å². The Kier molecular flexibility index (Phi) is 6.88. The lowest BCUT2D eigenvalue weighted by atomic mass is 10.2. The Balaban J connectivity index is 0.00000225. The van der Waals surface area contributed by atoms with Crippen LogP contribution in [0.3, 0.4) is 0 Å². The molecule has 0 aliphatic carbocycles. The minimum Gasteiger partial charge on any atom is -0.496 e. The number of rotatable bonds is 4. The third kappa shape index (κ3) is 4.26. The minimum atomic E-state index is -0.202. The van der Waals surface area contributed by atoms with Crippen molar-refractivity contribution < 1.29 is 9.53 Å². The second-order valence-electron chi connectivity index (χ2n) is 2.94. The highest BCUT2D eigenvalue weighted by Crippen LogP contribution is 2.22. The number of nitrogens with one attached hydrogen (secondary N) is 1. The lowest BCUT2D eigenvalue weighted by molar-refractivity contribution is -0.119. The number of hydrogen-bond acceptors (Lipinski definition) is 3. The van der Waals surface area contributed by atoms with Crippen molar-refractivity contribution in [3.63, 3.8) is 0 Å². The molecule has 0 fully saturated rings. The second-order valence-corrected chi connectivity index (χ2v) is 3.37. The number of ether oxygens (including phenoxy) is 1. The van der Waals surface area contributed by atoms with Crippen molar-refractivity contribution >= 4 is 29.9 Å². The molecule has 0 aromatic heterocycles. The Hall–Kier alpha value is -0.970. The van der Waals surface area contributed by atoms with Crippen LogP contribution in [0.2, 0.25) is 5.02 Å². The molecule has 6 heteroatoms. The van der Waals surface area contributed by atoms with Gasteiger partial charge >= 0.3 is 0 Å². The Morgan fingerprint density at radius 1 is 1.56 bits per heavy atom. The number of amides is 1. The quantitative estimate of drug-likeness (QED) is 0.863. The first-order chi connectivity index (χ1) is 7.17. The minimum absolute atomic E-state index is 0. The van der Waals surface area contributed by atoms with Crippen LogP contribution in [0.4, 0.5) is 0 Å². The zero-order chi connectivity index (χ0) is 11.3. The van der Waals surface area contributed by atoms with Crippen molar-refractivity contribution in [2.24, 2.45) is 5.73 Å². The van der Waals surface area contributed by atoms with E-state index in [-0.39, 0.29) is 24.9 Å². The lowest BCUT2D eigenvalue weighted by Gasteiger charge is -2.09. The second kappa shape index (κ2) is 7.33. The Morgan fingerprint density at radius 3 is 2.81 bits per heavy atom. The molecule has 90 valence electrons. The van der Waals surface area contributed by atoms with Gasteiger partial charge < -0.3 is 15.8 Å². The molecule has 3 N–H and O–H groups in total. The van der Waals surface area contributed by atoms with E-state index in [9.17, 15) is 4.79 Å². The summed E-state index contributed by atoms with van der Waals surface area (Å²) in [6.07, 6.45) is 0. The van der Waals surface area contributed by atoms with E-state index in [1.165, 1.54) is 0 Å². The summed E-state index contributed by atoms with van der Waals surface area (Å²) in [7, 11) is 1.56. The van der Waals surface area contributed by atoms with Crippen LogP contribution in [0.5, 0.6) is 5.75 Å². The van der Waals surface area contributed by atoms with E-state index >= 15 is 0 Å². The van der Waals surface area contributed by atoms with Gasteiger partial charge in [-0.2, -0.15) is 0 Å². The smallest absolute Gasteiger partial charge is 0.234 e. The first-order valence-electron chi connectivity index (χ1n) is 4.46. The van der Waals surface area contributed by atoms with Gasteiger partial charge in [0, 0.05) is 17.1 Å².